The second kappa shape index (κ2) is 16.1. The number of hydrogen-bond donors (Lipinski definition) is 0. The summed E-state index contributed by atoms with van der Waals surface area (Å²) in [6.45, 7) is 17.2. The van der Waals surface area contributed by atoms with Gasteiger partial charge in [0.25, 0.3) is 0 Å². The molecule has 1 unspecified atom stereocenters. The molecule has 3 aliphatic rings. The summed E-state index contributed by atoms with van der Waals surface area (Å²) >= 11 is 0. The zero-order chi connectivity index (χ0) is 45.4. The Balaban J connectivity index is 1.35. The molecule has 0 spiro atoms. The maximum atomic E-state index is 16.6. The number of carbonyl (C=O) groups excluding carboxylic acids is 2. The average molecular weight is 855 g/mol. The first-order valence-corrected chi connectivity index (χ1v) is 22.6. The van der Waals surface area contributed by atoms with Gasteiger partial charge in [0, 0.05) is 22.3 Å². The van der Waals surface area contributed by atoms with Crippen LogP contribution in [0.2, 0.25) is 0 Å². The Hall–Kier alpha value is -7.25. The molecule has 6 nitrogen and oxygen atoms in total. The van der Waals surface area contributed by atoms with Crippen molar-refractivity contribution in [2.45, 2.75) is 73.6 Å². The van der Waals surface area contributed by atoms with Crippen LogP contribution >= 0.6 is 0 Å². The van der Waals surface area contributed by atoms with Gasteiger partial charge >= 0.3 is 0 Å². The summed E-state index contributed by atoms with van der Waals surface area (Å²) in [5.41, 5.74) is 12.5. The maximum absolute atomic E-state index is 16.6. The molecule has 0 saturated carbocycles. The highest BCUT2D eigenvalue weighted by Crippen LogP contribution is 2.55. The number of fused-ring (bicyclic) bond motifs is 4. The number of rotatable bonds is 7. The predicted octanol–water partition coefficient (Wildman–Crippen LogP) is 15.0. The van der Waals surface area contributed by atoms with Crippen LogP contribution in [0, 0.1) is 25.6 Å². The SMILES string of the molecule is CC1=CC(c2cc(F)cc(-c3cc(C)cc(C)c3)c2N2/C(=C/C=C3C(=O)c4cc5ccccc5cc4C3=O)N(c3c(C(C)C)cccc3C(C)C)c3nc4ccccc4nc32)=CC(C)C1. The normalized spacial score (nSPS) is 16.6. The lowest BCUT2D eigenvalue weighted by Crippen LogP contribution is -2.25. The summed E-state index contributed by atoms with van der Waals surface area (Å²) in [7, 11) is 0. The molecule has 322 valence electrons. The van der Waals surface area contributed by atoms with Crippen LogP contribution in [0.4, 0.5) is 27.4 Å². The molecule has 1 aromatic heterocycles. The molecule has 1 aliphatic heterocycles. The monoisotopic (exact) mass is 854 g/mol. The van der Waals surface area contributed by atoms with Crippen molar-refractivity contribution < 1.29 is 14.0 Å². The predicted molar refractivity (Wildman–Crippen MR) is 264 cm³/mol. The molecule has 0 bridgehead atoms. The molecular weight excluding hydrogens is 804 g/mol. The first kappa shape index (κ1) is 41.7. The number of benzene rings is 6. The van der Waals surface area contributed by atoms with E-state index in [9.17, 15) is 9.59 Å². The summed E-state index contributed by atoms with van der Waals surface area (Å²) in [5, 5.41) is 1.79. The van der Waals surface area contributed by atoms with Gasteiger partial charge < -0.3 is 0 Å². The van der Waals surface area contributed by atoms with Gasteiger partial charge in [0.2, 0.25) is 0 Å². The van der Waals surface area contributed by atoms with Crippen LogP contribution in [0.1, 0.15) is 108 Å². The van der Waals surface area contributed by atoms with Crippen molar-refractivity contribution in [3.05, 3.63) is 195 Å². The highest BCUT2D eigenvalue weighted by molar-refractivity contribution is 6.40. The minimum Gasteiger partial charge on any atom is -0.288 e. The van der Waals surface area contributed by atoms with Crippen LogP contribution < -0.4 is 9.80 Å². The number of carbonyl (C=O) groups is 2. The van der Waals surface area contributed by atoms with E-state index in [1.165, 1.54) is 5.57 Å². The lowest BCUT2D eigenvalue weighted by molar-refractivity contribution is 0.0988. The van der Waals surface area contributed by atoms with Gasteiger partial charge in [-0.1, -0.05) is 136 Å². The Labute approximate surface area is 380 Å². The summed E-state index contributed by atoms with van der Waals surface area (Å²) in [5.74, 6) is 1.13. The van der Waals surface area contributed by atoms with Crippen molar-refractivity contribution >= 4 is 62.0 Å². The average Bonchev–Trinajstić information content (AvgIpc) is 3.69. The third-order valence-corrected chi connectivity index (χ3v) is 12.9. The van der Waals surface area contributed by atoms with E-state index in [0.29, 0.717) is 56.4 Å². The molecule has 0 fully saturated rings. The molecule has 0 N–H and O–H groups in total. The van der Waals surface area contributed by atoms with E-state index in [0.717, 1.165) is 56.3 Å². The Morgan fingerprint density at radius 1 is 0.631 bits per heavy atom. The van der Waals surface area contributed by atoms with E-state index in [2.05, 4.69) is 114 Å². The molecule has 0 saturated heterocycles. The van der Waals surface area contributed by atoms with E-state index < -0.39 is 0 Å². The Bertz CT molecular complexity index is 3210. The number of para-hydroxylation sites is 3. The standard InChI is InChI=1S/C58H51FN4O2/c1-32(2)43-16-13-17-44(33(3)4)53(43)62-52(21-20-45-55(64)48-28-38-14-9-10-15-39(38)29-49(48)56(45)65)63(58-57(62)60-50-18-11-12-19-51(50)61-58)54-46(40-24-34(5)22-35(6)25-40)30-42(59)31-47(54)41-26-36(7)23-37(8)27-41/h9-22,24-33,36H,23H2,1-8H3/b52-21+. The van der Waals surface area contributed by atoms with Crippen molar-refractivity contribution in [2.75, 3.05) is 9.80 Å². The van der Waals surface area contributed by atoms with Crippen molar-refractivity contribution in [3.63, 3.8) is 0 Å². The highest BCUT2D eigenvalue weighted by Gasteiger charge is 2.42. The smallest absolute Gasteiger partial charge is 0.197 e. The summed E-state index contributed by atoms with van der Waals surface area (Å²) in [6.07, 6.45) is 8.85. The van der Waals surface area contributed by atoms with E-state index in [1.807, 2.05) is 66.7 Å². The van der Waals surface area contributed by atoms with Gasteiger partial charge in [-0.2, -0.15) is 0 Å². The lowest BCUT2D eigenvalue weighted by Gasteiger charge is -2.32. The van der Waals surface area contributed by atoms with Crippen LogP contribution in [0.15, 0.2) is 150 Å². The first-order chi connectivity index (χ1) is 31.2. The topological polar surface area (TPSA) is 66.4 Å². The number of aryl methyl sites for hydroxylation is 2. The number of aromatic nitrogens is 2. The molecule has 7 aromatic rings. The van der Waals surface area contributed by atoms with Crippen molar-refractivity contribution in [3.8, 4) is 11.1 Å². The molecule has 7 heteroatoms. The second-order valence-electron chi connectivity index (χ2n) is 18.7. The fraction of sp³-hybridized carbons (Fsp3) is 0.207. The Kier molecular flexibility index (Phi) is 10.3. The number of anilines is 4. The molecule has 1 atom stereocenters. The van der Waals surface area contributed by atoms with Gasteiger partial charge in [-0.3, -0.25) is 19.4 Å². The molecule has 10 rings (SSSR count). The van der Waals surface area contributed by atoms with E-state index in [1.54, 1.807) is 18.2 Å². The molecule has 2 aliphatic carbocycles. The molecule has 0 amide bonds. The zero-order valence-electron chi connectivity index (χ0n) is 38.1. The van der Waals surface area contributed by atoms with Gasteiger partial charge in [0.1, 0.15) is 11.6 Å². The van der Waals surface area contributed by atoms with E-state index in [4.69, 9.17) is 9.97 Å². The molecule has 6 aromatic carbocycles. The number of allylic oxidation sites excluding steroid dienone is 7. The quantitative estimate of drug-likeness (QED) is 0.118. The Morgan fingerprint density at radius 2 is 1.17 bits per heavy atom. The van der Waals surface area contributed by atoms with Gasteiger partial charge in [0.05, 0.1) is 28.0 Å². The highest BCUT2D eigenvalue weighted by atomic mass is 19.1. The van der Waals surface area contributed by atoms with Gasteiger partial charge in [-0.25, -0.2) is 14.4 Å². The third kappa shape index (κ3) is 7.20. The zero-order valence-corrected chi connectivity index (χ0v) is 38.1. The van der Waals surface area contributed by atoms with Crippen molar-refractivity contribution in [1.82, 2.24) is 9.97 Å². The third-order valence-electron chi connectivity index (χ3n) is 12.9. The molecule has 0 radical (unpaired) electrons. The molecule has 65 heavy (non-hydrogen) atoms. The van der Waals surface area contributed by atoms with Gasteiger partial charge in [0.15, 0.2) is 23.2 Å². The van der Waals surface area contributed by atoms with Crippen LogP contribution in [0.25, 0.3) is 38.5 Å². The first-order valence-electron chi connectivity index (χ1n) is 22.6. The van der Waals surface area contributed by atoms with Gasteiger partial charge in [-0.15, -0.1) is 0 Å². The molecular formula is C58H51FN4O2. The van der Waals surface area contributed by atoms with Crippen LogP contribution in [-0.4, -0.2) is 21.5 Å². The van der Waals surface area contributed by atoms with Crippen LogP contribution in [-0.2, 0) is 0 Å². The second-order valence-corrected chi connectivity index (χ2v) is 18.7. The summed E-state index contributed by atoms with van der Waals surface area (Å²) < 4.78 is 16.6. The minimum atomic E-state index is -0.365. The maximum Gasteiger partial charge on any atom is 0.197 e. The number of nitrogens with zero attached hydrogens (tertiary/aromatic N) is 4. The molecule has 2 heterocycles. The summed E-state index contributed by atoms with van der Waals surface area (Å²) in [4.78, 5) is 44.1. The number of ketones is 2. The fourth-order valence-electron chi connectivity index (χ4n) is 10.1. The van der Waals surface area contributed by atoms with Crippen LogP contribution in [0.3, 0.4) is 0 Å². The number of halogens is 1. The van der Waals surface area contributed by atoms with E-state index in [-0.39, 0.29) is 40.7 Å². The van der Waals surface area contributed by atoms with Crippen LogP contribution in [0.5, 0.6) is 0 Å². The number of Topliss-reactive ketones (excluding diaryl/α,β-unsaturated/α-hetero) is 2. The number of hydrogen-bond acceptors (Lipinski definition) is 6. The summed E-state index contributed by atoms with van der Waals surface area (Å²) in [6, 6.07) is 35.3. The lowest BCUT2D eigenvalue weighted by atomic mass is 9.86. The van der Waals surface area contributed by atoms with Crippen molar-refractivity contribution in [1.29, 1.82) is 0 Å². The van der Waals surface area contributed by atoms with Crippen molar-refractivity contribution in [2.24, 2.45) is 5.92 Å². The van der Waals surface area contributed by atoms with E-state index >= 15 is 4.39 Å². The minimum absolute atomic E-state index is 0.0715. The largest absolute Gasteiger partial charge is 0.288 e. The fourth-order valence-corrected chi connectivity index (χ4v) is 10.1. The Morgan fingerprint density at radius 3 is 1.72 bits per heavy atom. The van der Waals surface area contributed by atoms with Gasteiger partial charge in [-0.05, 0) is 127 Å².